The maximum atomic E-state index is 13.4. The number of carbonyl (C=O) groups is 1. The molecule has 1 rings (SSSR count). The Morgan fingerprint density at radius 2 is 2.11 bits per heavy atom. The second-order valence-electron chi connectivity index (χ2n) is 4.96. The maximum Gasteiger partial charge on any atom is 0.253 e. The first kappa shape index (κ1) is 14.9. The van der Waals surface area contributed by atoms with Crippen LogP contribution in [0.15, 0.2) is 12.1 Å². The van der Waals surface area contributed by atoms with Gasteiger partial charge in [-0.05, 0) is 51.4 Å². The predicted octanol–water partition coefficient (Wildman–Crippen LogP) is 2.64. The van der Waals surface area contributed by atoms with Gasteiger partial charge in [0.15, 0.2) is 0 Å². The van der Waals surface area contributed by atoms with E-state index < -0.39 is 17.3 Å². The minimum Gasteiger partial charge on any atom is -0.347 e. The summed E-state index contributed by atoms with van der Waals surface area (Å²) >= 11 is 5.95. The summed E-state index contributed by atoms with van der Waals surface area (Å²) in [6, 6.07) is 2.60. The molecule has 0 aliphatic heterocycles. The summed E-state index contributed by atoms with van der Waals surface area (Å²) in [6.07, 6.45) is 0.630. The quantitative estimate of drug-likeness (QED) is 0.885. The minimum atomic E-state index is -0.448. The van der Waals surface area contributed by atoms with Gasteiger partial charge in [0.1, 0.15) is 5.82 Å². The molecule has 1 aromatic carbocycles. The van der Waals surface area contributed by atoms with Gasteiger partial charge in [-0.3, -0.25) is 4.79 Å². The van der Waals surface area contributed by atoms with E-state index in [1.807, 2.05) is 13.8 Å². The zero-order valence-corrected chi connectivity index (χ0v) is 11.6. The van der Waals surface area contributed by atoms with E-state index in [1.54, 1.807) is 6.92 Å². The van der Waals surface area contributed by atoms with Gasteiger partial charge in [-0.1, -0.05) is 11.6 Å². The van der Waals surface area contributed by atoms with Crippen molar-refractivity contribution < 1.29 is 9.18 Å². The highest BCUT2D eigenvalue weighted by Gasteiger charge is 2.22. The van der Waals surface area contributed by atoms with E-state index in [0.29, 0.717) is 18.5 Å². The molecule has 0 saturated heterocycles. The largest absolute Gasteiger partial charge is 0.347 e. The van der Waals surface area contributed by atoms with Gasteiger partial charge in [0.25, 0.3) is 5.91 Å². The molecule has 0 atom stereocenters. The number of carbonyl (C=O) groups excluding carboxylic acids is 1. The van der Waals surface area contributed by atoms with Crippen molar-refractivity contribution in [2.24, 2.45) is 5.73 Å². The van der Waals surface area contributed by atoms with Crippen molar-refractivity contribution in [1.82, 2.24) is 5.32 Å². The molecule has 0 radical (unpaired) electrons. The summed E-state index contributed by atoms with van der Waals surface area (Å²) in [5.41, 5.74) is 5.58. The Kier molecular flexibility index (Phi) is 4.71. The summed E-state index contributed by atoms with van der Waals surface area (Å²) in [4.78, 5) is 12.0. The summed E-state index contributed by atoms with van der Waals surface area (Å²) in [6.45, 7) is 5.77. The van der Waals surface area contributed by atoms with Crippen LogP contribution in [0.4, 0.5) is 4.39 Å². The van der Waals surface area contributed by atoms with Crippen molar-refractivity contribution >= 4 is 17.5 Å². The van der Waals surface area contributed by atoms with E-state index in [1.165, 1.54) is 6.07 Å². The third-order valence-electron chi connectivity index (χ3n) is 2.71. The standard InChI is InChI=1S/C13H18ClFN2O/c1-8-6-10(14)9(7-11(8)15)12(18)17-13(2,3)4-5-16/h6-7H,4-5,16H2,1-3H3,(H,17,18). The van der Waals surface area contributed by atoms with Crippen molar-refractivity contribution in [3.8, 4) is 0 Å². The predicted molar refractivity (Wildman–Crippen MR) is 71.4 cm³/mol. The fourth-order valence-electron chi connectivity index (χ4n) is 1.62. The molecule has 0 heterocycles. The fraction of sp³-hybridized carbons (Fsp3) is 0.462. The highest BCUT2D eigenvalue weighted by Crippen LogP contribution is 2.21. The third-order valence-corrected chi connectivity index (χ3v) is 3.03. The van der Waals surface area contributed by atoms with Crippen LogP contribution in [0.3, 0.4) is 0 Å². The van der Waals surface area contributed by atoms with E-state index >= 15 is 0 Å². The van der Waals surface area contributed by atoms with E-state index in [-0.39, 0.29) is 10.6 Å². The molecule has 0 aromatic heterocycles. The lowest BCUT2D eigenvalue weighted by Crippen LogP contribution is -2.44. The Balaban J connectivity index is 2.95. The molecule has 5 heteroatoms. The van der Waals surface area contributed by atoms with Gasteiger partial charge < -0.3 is 11.1 Å². The molecule has 100 valence electrons. The molecule has 0 saturated carbocycles. The van der Waals surface area contributed by atoms with E-state index in [0.717, 1.165) is 6.07 Å². The van der Waals surface area contributed by atoms with E-state index in [2.05, 4.69) is 5.32 Å². The van der Waals surface area contributed by atoms with Gasteiger partial charge in [0.2, 0.25) is 0 Å². The number of aryl methyl sites for hydroxylation is 1. The molecule has 0 aliphatic rings. The zero-order chi connectivity index (χ0) is 13.9. The van der Waals surface area contributed by atoms with Crippen LogP contribution in [-0.4, -0.2) is 18.0 Å². The van der Waals surface area contributed by atoms with Crippen LogP contribution in [0.25, 0.3) is 0 Å². The SMILES string of the molecule is Cc1cc(Cl)c(C(=O)NC(C)(C)CCN)cc1F. The Hall–Kier alpha value is -1.13. The number of rotatable bonds is 4. The average Bonchev–Trinajstić information content (AvgIpc) is 2.22. The van der Waals surface area contributed by atoms with Gasteiger partial charge in [0, 0.05) is 5.54 Å². The first-order valence-electron chi connectivity index (χ1n) is 5.75. The molecule has 18 heavy (non-hydrogen) atoms. The highest BCUT2D eigenvalue weighted by atomic mass is 35.5. The normalized spacial score (nSPS) is 11.4. The highest BCUT2D eigenvalue weighted by molar-refractivity contribution is 6.33. The van der Waals surface area contributed by atoms with Crippen LogP contribution in [0.2, 0.25) is 5.02 Å². The molecule has 3 nitrogen and oxygen atoms in total. The summed E-state index contributed by atoms with van der Waals surface area (Å²) in [7, 11) is 0. The van der Waals surface area contributed by atoms with Crippen molar-refractivity contribution in [2.75, 3.05) is 6.54 Å². The maximum absolute atomic E-state index is 13.4. The van der Waals surface area contributed by atoms with Crippen LogP contribution < -0.4 is 11.1 Å². The van der Waals surface area contributed by atoms with Crippen LogP contribution in [0.1, 0.15) is 36.2 Å². The van der Waals surface area contributed by atoms with Crippen LogP contribution in [0.5, 0.6) is 0 Å². The molecular weight excluding hydrogens is 255 g/mol. The number of nitrogens with one attached hydrogen (secondary N) is 1. The van der Waals surface area contributed by atoms with Gasteiger partial charge in [-0.2, -0.15) is 0 Å². The number of amides is 1. The average molecular weight is 273 g/mol. The Morgan fingerprint density at radius 1 is 1.50 bits per heavy atom. The Morgan fingerprint density at radius 3 is 2.67 bits per heavy atom. The summed E-state index contributed by atoms with van der Waals surface area (Å²) < 4.78 is 13.4. The van der Waals surface area contributed by atoms with Crippen molar-refractivity contribution in [3.63, 3.8) is 0 Å². The number of hydrogen-bond acceptors (Lipinski definition) is 2. The Bertz CT molecular complexity index is 461. The fourth-order valence-corrected chi connectivity index (χ4v) is 1.92. The molecule has 0 spiro atoms. The van der Waals surface area contributed by atoms with Gasteiger partial charge >= 0.3 is 0 Å². The van der Waals surface area contributed by atoms with Crippen LogP contribution in [0, 0.1) is 12.7 Å². The van der Waals surface area contributed by atoms with Gasteiger partial charge in [-0.15, -0.1) is 0 Å². The van der Waals surface area contributed by atoms with Gasteiger partial charge in [0.05, 0.1) is 10.6 Å². The third kappa shape index (κ3) is 3.68. The van der Waals surface area contributed by atoms with E-state index in [4.69, 9.17) is 17.3 Å². The van der Waals surface area contributed by atoms with Crippen molar-refractivity contribution in [1.29, 1.82) is 0 Å². The van der Waals surface area contributed by atoms with Crippen LogP contribution >= 0.6 is 11.6 Å². The first-order chi connectivity index (χ1) is 8.26. The van der Waals surface area contributed by atoms with Crippen molar-refractivity contribution in [2.45, 2.75) is 32.7 Å². The zero-order valence-electron chi connectivity index (χ0n) is 10.8. The molecule has 0 fully saturated rings. The molecule has 0 unspecified atom stereocenters. The lowest BCUT2D eigenvalue weighted by molar-refractivity contribution is 0.0910. The molecule has 1 amide bonds. The smallest absolute Gasteiger partial charge is 0.253 e. The topological polar surface area (TPSA) is 55.1 Å². The first-order valence-corrected chi connectivity index (χ1v) is 6.13. The molecule has 3 N–H and O–H groups in total. The van der Waals surface area contributed by atoms with Crippen molar-refractivity contribution in [3.05, 3.63) is 34.1 Å². The molecule has 0 aliphatic carbocycles. The number of nitrogens with two attached hydrogens (primary N) is 1. The molecular formula is C13H18ClFN2O. The second kappa shape index (κ2) is 5.67. The number of benzene rings is 1. The van der Waals surface area contributed by atoms with Gasteiger partial charge in [-0.25, -0.2) is 4.39 Å². The molecule has 0 bridgehead atoms. The summed E-state index contributed by atoms with van der Waals surface area (Å²) in [5.74, 6) is -0.835. The second-order valence-corrected chi connectivity index (χ2v) is 5.37. The van der Waals surface area contributed by atoms with E-state index in [9.17, 15) is 9.18 Å². The van der Waals surface area contributed by atoms with Crippen LogP contribution in [-0.2, 0) is 0 Å². The lowest BCUT2D eigenvalue weighted by Gasteiger charge is -2.26. The number of hydrogen-bond donors (Lipinski definition) is 2. The minimum absolute atomic E-state index is 0.143. The Labute approximate surface area is 112 Å². The number of halogens is 2. The summed E-state index contributed by atoms with van der Waals surface area (Å²) in [5, 5.41) is 3.04. The lowest BCUT2D eigenvalue weighted by atomic mass is 10.00. The molecule has 1 aromatic rings. The monoisotopic (exact) mass is 272 g/mol.